The third kappa shape index (κ3) is 8.28. The molecule has 4 unspecified atom stereocenters. The summed E-state index contributed by atoms with van der Waals surface area (Å²) in [7, 11) is 2.47. The smallest absolute Gasteiger partial charge is 0.336 e. The summed E-state index contributed by atoms with van der Waals surface area (Å²) in [5, 5.41) is 28.0. The molecule has 12 nitrogen and oxygen atoms in total. The van der Waals surface area contributed by atoms with Crippen molar-refractivity contribution in [2.45, 2.75) is 44.4 Å². The second-order valence-corrected chi connectivity index (χ2v) is 10.1. The number of carbonyl (C=O) groups excluding carboxylic acids is 2. The van der Waals surface area contributed by atoms with Gasteiger partial charge in [0.2, 0.25) is 0 Å². The number of methoxy groups -OCH3 is 2. The van der Waals surface area contributed by atoms with Crippen LogP contribution in [0.5, 0.6) is 5.75 Å². The lowest BCUT2D eigenvalue weighted by Crippen LogP contribution is -2.59. The fraction of sp³-hybridized carbons (Fsp3) is 0.467. The molecular weight excluding hydrogens is 546 g/mol. The van der Waals surface area contributed by atoms with Gasteiger partial charge >= 0.3 is 11.9 Å². The van der Waals surface area contributed by atoms with E-state index in [-0.39, 0.29) is 24.5 Å². The van der Waals surface area contributed by atoms with Crippen molar-refractivity contribution in [2.24, 2.45) is 5.92 Å². The maximum absolute atomic E-state index is 13.2. The second kappa shape index (κ2) is 15.3. The van der Waals surface area contributed by atoms with Crippen molar-refractivity contribution >= 4 is 17.6 Å². The van der Waals surface area contributed by atoms with Gasteiger partial charge in [-0.1, -0.05) is 30.3 Å². The van der Waals surface area contributed by atoms with Crippen LogP contribution in [0.4, 0.5) is 5.69 Å². The molecule has 0 saturated carbocycles. The van der Waals surface area contributed by atoms with Crippen molar-refractivity contribution < 1.29 is 38.6 Å². The maximum atomic E-state index is 13.2. The first kappa shape index (κ1) is 32.5. The van der Waals surface area contributed by atoms with Gasteiger partial charge in [-0.3, -0.25) is 14.9 Å². The molecule has 4 atom stereocenters. The van der Waals surface area contributed by atoms with Crippen LogP contribution in [0.1, 0.15) is 38.2 Å². The number of non-ortho nitro benzene ring substituents is 1. The van der Waals surface area contributed by atoms with Crippen LogP contribution in [0, 0.1) is 16.0 Å². The minimum absolute atomic E-state index is 0.161. The van der Waals surface area contributed by atoms with E-state index in [1.165, 1.54) is 32.4 Å². The van der Waals surface area contributed by atoms with E-state index < -0.39 is 40.5 Å². The van der Waals surface area contributed by atoms with Gasteiger partial charge in [0, 0.05) is 36.9 Å². The summed E-state index contributed by atoms with van der Waals surface area (Å²) in [5.74, 6) is -2.63. The Morgan fingerprint density at radius 2 is 1.86 bits per heavy atom. The van der Waals surface area contributed by atoms with E-state index in [1.54, 1.807) is 19.9 Å². The van der Waals surface area contributed by atoms with Gasteiger partial charge in [-0.05, 0) is 50.9 Å². The number of unbranched alkanes of at least 4 members (excludes halogenated alkanes) is 1. The summed E-state index contributed by atoms with van der Waals surface area (Å²) in [6.45, 7) is 4.78. The van der Waals surface area contributed by atoms with E-state index in [0.717, 1.165) is 6.42 Å². The Labute approximate surface area is 245 Å². The molecule has 2 aromatic carbocycles. The van der Waals surface area contributed by atoms with Crippen LogP contribution in [0.3, 0.4) is 0 Å². The number of para-hydroxylation sites is 1. The van der Waals surface area contributed by atoms with Crippen LogP contribution in [0.15, 0.2) is 65.9 Å². The molecule has 0 aromatic heterocycles. The zero-order valence-electron chi connectivity index (χ0n) is 24.3. The topological polar surface area (TPSA) is 158 Å². The van der Waals surface area contributed by atoms with E-state index in [4.69, 9.17) is 18.9 Å². The monoisotopic (exact) mass is 585 g/mol. The molecule has 3 rings (SSSR count). The summed E-state index contributed by atoms with van der Waals surface area (Å²) in [5.41, 5.74) is -0.511. The van der Waals surface area contributed by atoms with E-state index in [0.29, 0.717) is 36.5 Å². The molecular formula is C30H39N3O9. The van der Waals surface area contributed by atoms with Gasteiger partial charge < -0.3 is 34.7 Å². The average Bonchev–Trinajstić information content (AvgIpc) is 2.99. The molecule has 2 aromatic rings. The highest BCUT2D eigenvalue weighted by atomic mass is 16.6. The number of aliphatic hydroxyl groups excluding tert-OH is 1. The molecule has 0 radical (unpaired) electrons. The van der Waals surface area contributed by atoms with Crippen LogP contribution < -0.4 is 15.4 Å². The summed E-state index contributed by atoms with van der Waals surface area (Å²) in [4.78, 5) is 37.1. The number of ether oxygens (including phenoxy) is 4. The number of benzene rings is 2. The maximum Gasteiger partial charge on any atom is 0.336 e. The normalized spacial score (nSPS) is 20.8. The zero-order valence-corrected chi connectivity index (χ0v) is 24.3. The minimum atomic E-state index is -1.30. The Kier molecular flexibility index (Phi) is 11.8. The molecule has 0 bridgehead atoms. The highest BCUT2D eigenvalue weighted by molar-refractivity contribution is 5.93. The quantitative estimate of drug-likeness (QED) is 0.122. The molecule has 0 amide bonds. The van der Waals surface area contributed by atoms with Crippen LogP contribution in [0.2, 0.25) is 0 Å². The highest BCUT2D eigenvalue weighted by Crippen LogP contribution is 2.45. The number of rotatable bonds is 15. The highest BCUT2D eigenvalue weighted by Gasteiger charge is 2.53. The lowest BCUT2D eigenvalue weighted by molar-refractivity contribution is -0.384. The van der Waals surface area contributed by atoms with Gasteiger partial charge in [-0.2, -0.15) is 0 Å². The molecule has 0 spiro atoms. The van der Waals surface area contributed by atoms with Crippen molar-refractivity contribution in [3.63, 3.8) is 0 Å². The van der Waals surface area contributed by atoms with Gasteiger partial charge in [-0.25, -0.2) is 4.79 Å². The Bertz CT molecular complexity index is 1250. The molecule has 228 valence electrons. The first-order valence-corrected chi connectivity index (χ1v) is 13.7. The Morgan fingerprint density at radius 1 is 1.12 bits per heavy atom. The first-order valence-electron chi connectivity index (χ1n) is 13.7. The fourth-order valence-electron chi connectivity index (χ4n) is 5.10. The minimum Gasteiger partial charge on any atom is -0.491 e. The first-order chi connectivity index (χ1) is 20.1. The Morgan fingerprint density at radius 3 is 2.52 bits per heavy atom. The molecule has 1 aliphatic heterocycles. The summed E-state index contributed by atoms with van der Waals surface area (Å²) >= 11 is 0. The number of esters is 2. The number of nitrogens with zero attached hydrogens (tertiary/aromatic N) is 1. The number of allylic oxidation sites excluding steroid dienone is 1. The van der Waals surface area contributed by atoms with Gasteiger partial charge in [0.1, 0.15) is 30.1 Å². The van der Waals surface area contributed by atoms with Crippen molar-refractivity contribution in [3.05, 3.63) is 81.5 Å². The predicted octanol–water partition coefficient (Wildman–Crippen LogP) is 3.06. The Balaban J connectivity index is 1.65. The van der Waals surface area contributed by atoms with Crippen molar-refractivity contribution in [1.82, 2.24) is 10.6 Å². The van der Waals surface area contributed by atoms with Crippen molar-refractivity contribution in [3.8, 4) is 5.75 Å². The lowest BCUT2D eigenvalue weighted by atomic mass is 9.72. The number of aliphatic hydroxyl groups is 1. The van der Waals surface area contributed by atoms with Gasteiger partial charge in [-0.15, -0.1) is 0 Å². The number of hydrogen-bond donors (Lipinski definition) is 3. The third-order valence-corrected chi connectivity index (χ3v) is 7.09. The Hall–Kier alpha value is -4.00. The van der Waals surface area contributed by atoms with E-state index in [1.807, 2.05) is 30.3 Å². The average molecular weight is 586 g/mol. The fourth-order valence-corrected chi connectivity index (χ4v) is 5.10. The third-order valence-electron chi connectivity index (χ3n) is 7.09. The van der Waals surface area contributed by atoms with Crippen molar-refractivity contribution in [2.75, 3.05) is 40.5 Å². The number of nitro benzene ring substituents is 1. The molecule has 1 aliphatic rings. The largest absolute Gasteiger partial charge is 0.491 e. The lowest BCUT2D eigenvalue weighted by Gasteiger charge is -2.46. The molecule has 0 aliphatic carbocycles. The number of hydrogen-bond acceptors (Lipinski definition) is 11. The van der Waals surface area contributed by atoms with Crippen LogP contribution >= 0.6 is 0 Å². The standard InChI is InChI=1S/C30H39N3O9/c1-20-25(28(35)39-3)26(21-11-10-12-22(17-21)33(37)38)27(29(36)40-4)30(2,32-20)42-16-9-8-15-31-18-23(34)19-41-24-13-6-5-7-14-24/h5-7,10-14,17,23,26-27,31-32,34H,8-9,15-16,18-19H2,1-4H3. The molecule has 42 heavy (non-hydrogen) atoms. The molecule has 1 heterocycles. The van der Waals surface area contributed by atoms with Crippen LogP contribution in [-0.2, 0) is 23.8 Å². The van der Waals surface area contributed by atoms with Crippen LogP contribution in [-0.4, -0.2) is 74.3 Å². The molecule has 0 saturated heterocycles. The van der Waals surface area contributed by atoms with E-state index in [9.17, 15) is 24.8 Å². The summed E-state index contributed by atoms with van der Waals surface area (Å²) < 4.78 is 22.0. The number of carbonyl (C=O) groups is 2. The number of nitro groups is 1. The number of nitrogens with one attached hydrogen (secondary N) is 2. The summed E-state index contributed by atoms with van der Waals surface area (Å²) in [6, 6.07) is 15.1. The predicted molar refractivity (Wildman–Crippen MR) is 154 cm³/mol. The molecule has 3 N–H and O–H groups in total. The van der Waals surface area contributed by atoms with E-state index >= 15 is 0 Å². The van der Waals surface area contributed by atoms with Gasteiger partial charge in [0.05, 0.1) is 24.7 Å². The zero-order chi connectivity index (χ0) is 30.7. The van der Waals surface area contributed by atoms with Gasteiger partial charge in [0.25, 0.3) is 5.69 Å². The van der Waals surface area contributed by atoms with Crippen LogP contribution in [0.25, 0.3) is 0 Å². The SMILES string of the molecule is COC(=O)C1=C(C)NC(C)(OCCCCNCC(O)COc2ccccc2)C(C(=O)OC)C1c1cccc([N+](=O)[O-])c1. The second-order valence-electron chi connectivity index (χ2n) is 10.1. The molecule has 0 fully saturated rings. The van der Waals surface area contributed by atoms with E-state index in [2.05, 4.69) is 10.6 Å². The molecule has 12 heteroatoms. The van der Waals surface area contributed by atoms with Gasteiger partial charge in [0.15, 0.2) is 0 Å². The van der Waals surface area contributed by atoms with Crippen molar-refractivity contribution in [1.29, 1.82) is 0 Å². The summed E-state index contributed by atoms with van der Waals surface area (Å²) in [6.07, 6.45) is 0.683.